The van der Waals surface area contributed by atoms with E-state index < -0.39 is 0 Å². The molecular formula is C15H19BrN2O3. The number of hydrogen-bond acceptors (Lipinski definition) is 3. The van der Waals surface area contributed by atoms with Crippen molar-refractivity contribution in [1.29, 1.82) is 0 Å². The molecule has 0 saturated carbocycles. The summed E-state index contributed by atoms with van der Waals surface area (Å²) in [6.45, 7) is 4.28. The van der Waals surface area contributed by atoms with E-state index in [9.17, 15) is 9.59 Å². The molecule has 1 heterocycles. The van der Waals surface area contributed by atoms with Gasteiger partial charge in [-0.3, -0.25) is 9.59 Å². The van der Waals surface area contributed by atoms with Crippen LogP contribution >= 0.6 is 15.9 Å². The van der Waals surface area contributed by atoms with Crippen LogP contribution in [-0.2, 0) is 9.53 Å². The molecule has 0 radical (unpaired) electrons. The number of methoxy groups -OCH3 is 1. The molecule has 0 aromatic heterocycles. The van der Waals surface area contributed by atoms with Crippen molar-refractivity contribution in [2.45, 2.75) is 6.92 Å². The van der Waals surface area contributed by atoms with Crippen LogP contribution in [0.4, 0.5) is 0 Å². The maximum atomic E-state index is 12.5. The highest BCUT2D eigenvalue weighted by molar-refractivity contribution is 9.10. The Balaban J connectivity index is 1.98. The van der Waals surface area contributed by atoms with Crippen LogP contribution in [0.5, 0.6) is 0 Å². The number of amides is 2. The zero-order valence-electron chi connectivity index (χ0n) is 12.3. The van der Waals surface area contributed by atoms with Gasteiger partial charge in [-0.15, -0.1) is 0 Å². The van der Waals surface area contributed by atoms with Gasteiger partial charge in [0.1, 0.15) is 6.61 Å². The topological polar surface area (TPSA) is 49.9 Å². The van der Waals surface area contributed by atoms with Crippen LogP contribution in [0, 0.1) is 6.92 Å². The number of piperazine rings is 1. The first-order chi connectivity index (χ1) is 10.0. The van der Waals surface area contributed by atoms with Crippen molar-refractivity contribution in [2.75, 3.05) is 39.9 Å². The van der Waals surface area contributed by atoms with Crippen molar-refractivity contribution in [3.05, 3.63) is 33.8 Å². The number of ether oxygens (including phenoxy) is 1. The second-order valence-corrected chi connectivity index (χ2v) is 6.04. The number of benzene rings is 1. The van der Waals surface area contributed by atoms with Crippen LogP contribution in [0.1, 0.15) is 15.9 Å². The lowest BCUT2D eigenvalue weighted by molar-refractivity contribution is -0.136. The second kappa shape index (κ2) is 7.04. The largest absolute Gasteiger partial charge is 0.375 e. The van der Waals surface area contributed by atoms with E-state index in [0.717, 1.165) is 10.0 Å². The SMILES string of the molecule is COCC(=O)N1CCN(C(=O)c2cc(C)cc(Br)c2)CC1. The summed E-state index contributed by atoms with van der Waals surface area (Å²) in [5.41, 5.74) is 1.72. The van der Waals surface area contributed by atoms with Gasteiger partial charge in [-0.2, -0.15) is 0 Å². The molecule has 0 spiro atoms. The maximum absolute atomic E-state index is 12.5. The highest BCUT2D eigenvalue weighted by Crippen LogP contribution is 2.17. The minimum absolute atomic E-state index is 0.0123. The molecule has 2 rings (SSSR count). The molecule has 0 unspecified atom stereocenters. The first kappa shape index (κ1) is 16.0. The number of hydrogen-bond donors (Lipinski definition) is 0. The number of aryl methyl sites for hydroxylation is 1. The monoisotopic (exact) mass is 354 g/mol. The molecule has 0 N–H and O–H groups in total. The van der Waals surface area contributed by atoms with Crippen molar-refractivity contribution in [1.82, 2.24) is 9.80 Å². The maximum Gasteiger partial charge on any atom is 0.254 e. The molecule has 6 heteroatoms. The molecule has 5 nitrogen and oxygen atoms in total. The summed E-state index contributed by atoms with van der Waals surface area (Å²) in [4.78, 5) is 27.7. The van der Waals surface area contributed by atoms with E-state index in [1.54, 1.807) is 9.80 Å². The van der Waals surface area contributed by atoms with Crippen molar-refractivity contribution < 1.29 is 14.3 Å². The van der Waals surface area contributed by atoms with Crippen LogP contribution in [0.25, 0.3) is 0 Å². The fourth-order valence-electron chi connectivity index (χ4n) is 2.42. The first-order valence-electron chi connectivity index (χ1n) is 6.84. The summed E-state index contributed by atoms with van der Waals surface area (Å²) >= 11 is 3.41. The summed E-state index contributed by atoms with van der Waals surface area (Å²) < 4.78 is 5.75. The van der Waals surface area contributed by atoms with E-state index in [1.807, 2.05) is 25.1 Å². The Hall–Kier alpha value is -1.40. The van der Waals surface area contributed by atoms with Gasteiger partial charge < -0.3 is 14.5 Å². The molecule has 1 fully saturated rings. The fraction of sp³-hybridized carbons (Fsp3) is 0.467. The van der Waals surface area contributed by atoms with Gasteiger partial charge in [0, 0.05) is 43.3 Å². The molecule has 1 aromatic rings. The predicted molar refractivity (Wildman–Crippen MR) is 83.2 cm³/mol. The third-order valence-corrected chi connectivity index (χ3v) is 3.93. The molecule has 1 saturated heterocycles. The Morgan fingerprint density at radius 3 is 2.33 bits per heavy atom. The lowest BCUT2D eigenvalue weighted by Gasteiger charge is -2.34. The van der Waals surface area contributed by atoms with E-state index in [4.69, 9.17) is 4.74 Å². The molecule has 0 bridgehead atoms. The van der Waals surface area contributed by atoms with Crippen LogP contribution < -0.4 is 0 Å². The van der Waals surface area contributed by atoms with Gasteiger partial charge in [0.2, 0.25) is 5.91 Å². The lowest BCUT2D eigenvalue weighted by Crippen LogP contribution is -2.51. The average Bonchev–Trinajstić information content (AvgIpc) is 2.46. The highest BCUT2D eigenvalue weighted by atomic mass is 79.9. The van der Waals surface area contributed by atoms with Crippen LogP contribution in [-0.4, -0.2) is 61.5 Å². The van der Waals surface area contributed by atoms with Crippen LogP contribution in [0.2, 0.25) is 0 Å². The van der Waals surface area contributed by atoms with Crippen molar-refractivity contribution >= 4 is 27.7 Å². The second-order valence-electron chi connectivity index (χ2n) is 5.12. The van der Waals surface area contributed by atoms with Crippen LogP contribution in [0.3, 0.4) is 0 Å². The van der Waals surface area contributed by atoms with Crippen LogP contribution in [0.15, 0.2) is 22.7 Å². The van der Waals surface area contributed by atoms with Gasteiger partial charge in [0.25, 0.3) is 5.91 Å². The number of nitrogens with zero attached hydrogens (tertiary/aromatic N) is 2. The number of rotatable bonds is 3. The molecule has 1 aromatic carbocycles. The number of carbonyl (C=O) groups excluding carboxylic acids is 2. The van der Waals surface area contributed by atoms with Gasteiger partial charge in [0.15, 0.2) is 0 Å². The van der Waals surface area contributed by atoms with Gasteiger partial charge in [-0.25, -0.2) is 0 Å². The predicted octanol–water partition coefficient (Wildman–Crippen LogP) is 1.69. The molecule has 1 aliphatic heterocycles. The van der Waals surface area contributed by atoms with E-state index >= 15 is 0 Å². The molecule has 21 heavy (non-hydrogen) atoms. The quantitative estimate of drug-likeness (QED) is 0.829. The Morgan fingerprint density at radius 2 is 1.76 bits per heavy atom. The highest BCUT2D eigenvalue weighted by Gasteiger charge is 2.24. The van der Waals surface area contributed by atoms with E-state index in [1.165, 1.54) is 7.11 Å². The van der Waals surface area contributed by atoms with E-state index in [-0.39, 0.29) is 18.4 Å². The normalized spacial score (nSPS) is 15.2. The molecule has 0 aliphatic carbocycles. The van der Waals surface area contributed by atoms with Crippen molar-refractivity contribution in [2.24, 2.45) is 0 Å². The number of carbonyl (C=O) groups is 2. The summed E-state index contributed by atoms with van der Waals surface area (Å²) in [5, 5.41) is 0. The Morgan fingerprint density at radius 1 is 1.14 bits per heavy atom. The Kier molecular flexibility index (Phi) is 5.36. The summed E-state index contributed by atoms with van der Waals surface area (Å²) in [5.74, 6) is -0.0128. The van der Waals surface area contributed by atoms with Gasteiger partial charge in [-0.05, 0) is 30.7 Å². The molecule has 114 valence electrons. The van der Waals surface area contributed by atoms with E-state index in [2.05, 4.69) is 15.9 Å². The minimum Gasteiger partial charge on any atom is -0.375 e. The summed E-state index contributed by atoms with van der Waals surface area (Å²) in [7, 11) is 1.51. The van der Waals surface area contributed by atoms with Gasteiger partial charge in [-0.1, -0.05) is 15.9 Å². The first-order valence-corrected chi connectivity index (χ1v) is 7.63. The standard InChI is InChI=1S/C15H19BrN2O3/c1-11-7-12(9-13(16)8-11)15(20)18-5-3-17(4-6-18)14(19)10-21-2/h7-9H,3-6,10H2,1-2H3. The summed E-state index contributed by atoms with van der Waals surface area (Å²) in [6.07, 6.45) is 0. The zero-order valence-corrected chi connectivity index (χ0v) is 13.9. The summed E-state index contributed by atoms with van der Waals surface area (Å²) in [6, 6.07) is 5.69. The third-order valence-electron chi connectivity index (χ3n) is 3.48. The fourth-order valence-corrected chi connectivity index (χ4v) is 3.02. The third kappa shape index (κ3) is 4.04. The van der Waals surface area contributed by atoms with Gasteiger partial charge >= 0.3 is 0 Å². The van der Waals surface area contributed by atoms with E-state index in [0.29, 0.717) is 31.7 Å². The Labute approximate surface area is 133 Å². The zero-order chi connectivity index (χ0) is 15.4. The van der Waals surface area contributed by atoms with Gasteiger partial charge in [0.05, 0.1) is 0 Å². The number of halogens is 1. The average molecular weight is 355 g/mol. The minimum atomic E-state index is -0.0251. The molecule has 2 amide bonds. The lowest BCUT2D eigenvalue weighted by atomic mass is 10.1. The smallest absolute Gasteiger partial charge is 0.254 e. The molecule has 1 aliphatic rings. The molecule has 0 atom stereocenters. The Bertz CT molecular complexity index is 519. The van der Waals surface area contributed by atoms with Crippen molar-refractivity contribution in [3.63, 3.8) is 0 Å². The molecular weight excluding hydrogens is 336 g/mol. The van der Waals surface area contributed by atoms with Crippen molar-refractivity contribution in [3.8, 4) is 0 Å².